The molecular formula is C16H17N. The second-order valence-corrected chi connectivity index (χ2v) is 4.96. The first kappa shape index (κ1) is 11.7. The van der Waals surface area contributed by atoms with Crippen molar-refractivity contribution in [3.8, 4) is 6.07 Å². The molecule has 1 unspecified atom stereocenters. The van der Waals surface area contributed by atoms with E-state index in [1.54, 1.807) is 0 Å². The fourth-order valence-electron chi connectivity index (χ4n) is 2.19. The average molecular weight is 223 g/mol. The van der Waals surface area contributed by atoms with Crippen molar-refractivity contribution in [2.24, 2.45) is 5.92 Å². The molecule has 0 fully saturated rings. The lowest BCUT2D eigenvalue weighted by molar-refractivity contribution is 0.588. The van der Waals surface area contributed by atoms with Crippen LogP contribution in [0.15, 0.2) is 36.4 Å². The topological polar surface area (TPSA) is 23.8 Å². The van der Waals surface area contributed by atoms with Crippen molar-refractivity contribution in [1.29, 1.82) is 5.26 Å². The number of fused-ring (bicyclic) bond motifs is 1. The van der Waals surface area contributed by atoms with E-state index in [1.807, 2.05) is 0 Å². The van der Waals surface area contributed by atoms with Crippen LogP contribution in [0.4, 0.5) is 0 Å². The van der Waals surface area contributed by atoms with E-state index in [4.69, 9.17) is 0 Å². The summed E-state index contributed by atoms with van der Waals surface area (Å²) >= 11 is 0. The van der Waals surface area contributed by atoms with Gasteiger partial charge in [0.25, 0.3) is 0 Å². The van der Waals surface area contributed by atoms with Crippen molar-refractivity contribution in [2.75, 3.05) is 0 Å². The molecule has 0 heterocycles. The highest BCUT2D eigenvalue weighted by atomic mass is 14.3. The third kappa shape index (κ3) is 2.31. The van der Waals surface area contributed by atoms with Gasteiger partial charge in [-0.05, 0) is 35.2 Å². The maximum atomic E-state index is 9.22. The molecule has 0 aliphatic rings. The number of benzene rings is 2. The van der Waals surface area contributed by atoms with Crippen LogP contribution in [0.25, 0.3) is 10.8 Å². The predicted octanol–water partition coefficient (Wildman–Crippen LogP) is 4.41. The van der Waals surface area contributed by atoms with E-state index in [0.29, 0.717) is 5.92 Å². The van der Waals surface area contributed by atoms with Crippen LogP contribution in [0, 0.1) is 24.2 Å². The first-order chi connectivity index (χ1) is 8.11. The lowest BCUT2D eigenvalue weighted by Crippen LogP contribution is -2.03. The molecule has 0 aliphatic carbocycles. The van der Waals surface area contributed by atoms with Crippen molar-refractivity contribution < 1.29 is 0 Å². The lowest BCUT2D eigenvalue weighted by atomic mass is 9.88. The Morgan fingerprint density at radius 1 is 1.00 bits per heavy atom. The fourth-order valence-corrected chi connectivity index (χ4v) is 2.19. The SMILES string of the molecule is Cc1ccc2cc(C(C#N)C(C)C)ccc2c1. The number of nitriles is 1. The molecule has 0 spiro atoms. The van der Waals surface area contributed by atoms with Crippen molar-refractivity contribution in [1.82, 2.24) is 0 Å². The smallest absolute Gasteiger partial charge is 0.0735 e. The van der Waals surface area contributed by atoms with E-state index < -0.39 is 0 Å². The van der Waals surface area contributed by atoms with Crippen LogP contribution in [0.1, 0.15) is 30.9 Å². The van der Waals surface area contributed by atoms with Gasteiger partial charge in [-0.25, -0.2) is 0 Å². The zero-order valence-electron chi connectivity index (χ0n) is 10.6. The lowest BCUT2D eigenvalue weighted by Gasteiger charge is -2.14. The Balaban J connectivity index is 2.52. The van der Waals surface area contributed by atoms with Crippen LogP contribution in [0.3, 0.4) is 0 Å². The van der Waals surface area contributed by atoms with E-state index >= 15 is 0 Å². The molecule has 2 aromatic carbocycles. The van der Waals surface area contributed by atoms with Crippen LogP contribution < -0.4 is 0 Å². The maximum absolute atomic E-state index is 9.22. The van der Waals surface area contributed by atoms with Crippen LogP contribution in [-0.2, 0) is 0 Å². The Hall–Kier alpha value is -1.81. The molecule has 1 nitrogen and oxygen atoms in total. The van der Waals surface area contributed by atoms with E-state index in [9.17, 15) is 5.26 Å². The molecule has 0 saturated heterocycles. The summed E-state index contributed by atoms with van der Waals surface area (Å²) in [6.07, 6.45) is 0. The minimum Gasteiger partial charge on any atom is -0.198 e. The largest absolute Gasteiger partial charge is 0.198 e. The number of hydrogen-bond acceptors (Lipinski definition) is 1. The van der Waals surface area contributed by atoms with Crippen molar-refractivity contribution in [3.63, 3.8) is 0 Å². The van der Waals surface area contributed by atoms with Crippen molar-refractivity contribution in [2.45, 2.75) is 26.7 Å². The molecule has 1 heteroatoms. The summed E-state index contributed by atoms with van der Waals surface area (Å²) in [5.74, 6) is 0.337. The molecule has 0 N–H and O–H groups in total. The van der Waals surface area contributed by atoms with Gasteiger partial charge in [-0.3, -0.25) is 0 Å². The van der Waals surface area contributed by atoms with Gasteiger partial charge in [-0.1, -0.05) is 49.7 Å². The summed E-state index contributed by atoms with van der Waals surface area (Å²) in [7, 11) is 0. The van der Waals surface area contributed by atoms with Crippen LogP contribution in [-0.4, -0.2) is 0 Å². The molecule has 17 heavy (non-hydrogen) atoms. The predicted molar refractivity (Wildman–Crippen MR) is 71.9 cm³/mol. The van der Waals surface area contributed by atoms with Gasteiger partial charge in [0.05, 0.1) is 12.0 Å². The third-order valence-corrected chi connectivity index (χ3v) is 3.18. The molecule has 0 bridgehead atoms. The molecule has 0 saturated carbocycles. The molecule has 2 rings (SSSR count). The van der Waals surface area contributed by atoms with Gasteiger partial charge in [-0.15, -0.1) is 0 Å². The first-order valence-corrected chi connectivity index (χ1v) is 6.02. The summed E-state index contributed by atoms with van der Waals surface area (Å²) in [5.41, 5.74) is 2.39. The van der Waals surface area contributed by atoms with Gasteiger partial charge in [-0.2, -0.15) is 5.26 Å². The highest BCUT2D eigenvalue weighted by Crippen LogP contribution is 2.27. The average Bonchev–Trinajstić information content (AvgIpc) is 2.29. The van der Waals surface area contributed by atoms with Gasteiger partial charge in [0.15, 0.2) is 0 Å². The molecular weight excluding hydrogens is 206 g/mol. The van der Waals surface area contributed by atoms with Gasteiger partial charge >= 0.3 is 0 Å². The summed E-state index contributed by atoms with van der Waals surface area (Å²) in [6.45, 7) is 6.28. The summed E-state index contributed by atoms with van der Waals surface area (Å²) in [6, 6.07) is 15.1. The van der Waals surface area contributed by atoms with Gasteiger partial charge in [0, 0.05) is 0 Å². The minimum atomic E-state index is -0.0132. The molecule has 86 valence electrons. The van der Waals surface area contributed by atoms with Crippen LogP contribution in [0.2, 0.25) is 0 Å². The second-order valence-electron chi connectivity index (χ2n) is 4.96. The van der Waals surface area contributed by atoms with Gasteiger partial charge in [0.1, 0.15) is 0 Å². The number of nitrogens with zero attached hydrogens (tertiary/aromatic N) is 1. The molecule has 0 radical (unpaired) electrons. The molecule has 2 aromatic rings. The second kappa shape index (κ2) is 4.59. The van der Waals surface area contributed by atoms with Gasteiger partial charge < -0.3 is 0 Å². The van der Waals surface area contributed by atoms with Gasteiger partial charge in [0.2, 0.25) is 0 Å². The first-order valence-electron chi connectivity index (χ1n) is 6.02. The summed E-state index contributed by atoms with van der Waals surface area (Å²) in [4.78, 5) is 0. The van der Waals surface area contributed by atoms with Crippen LogP contribution >= 0.6 is 0 Å². The number of hydrogen-bond donors (Lipinski definition) is 0. The third-order valence-electron chi connectivity index (χ3n) is 3.18. The molecule has 0 aromatic heterocycles. The summed E-state index contributed by atoms with van der Waals surface area (Å²) < 4.78 is 0. The Labute approximate surface area is 103 Å². The standard InChI is InChI=1S/C16H17N/c1-11(2)16(10-17)15-7-6-13-8-12(3)4-5-14(13)9-15/h4-9,11,16H,1-3H3. The normalized spacial score (nSPS) is 12.6. The Kier molecular flexibility index (Phi) is 3.15. The Bertz CT molecular complexity index is 576. The monoisotopic (exact) mass is 223 g/mol. The summed E-state index contributed by atoms with van der Waals surface area (Å²) in [5, 5.41) is 11.7. The Morgan fingerprint density at radius 3 is 2.29 bits per heavy atom. The number of aryl methyl sites for hydroxylation is 1. The molecule has 0 amide bonds. The maximum Gasteiger partial charge on any atom is 0.0735 e. The fraction of sp³-hybridized carbons (Fsp3) is 0.312. The molecule has 1 atom stereocenters. The Morgan fingerprint density at radius 2 is 1.65 bits per heavy atom. The highest BCUT2D eigenvalue weighted by Gasteiger charge is 2.14. The quantitative estimate of drug-likeness (QED) is 0.739. The highest BCUT2D eigenvalue weighted by molar-refractivity contribution is 5.84. The van der Waals surface area contributed by atoms with Crippen molar-refractivity contribution in [3.05, 3.63) is 47.5 Å². The zero-order valence-corrected chi connectivity index (χ0v) is 10.6. The number of rotatable bonds is 2. The van der Waals surface area contributed by atoms with Crippen LogP contribution in [0.5, 0.6) is 0 Å². The van der Waals surface area contributed by atoms with E-state index in [-0.39, 0.29) is 5.92 Å². The van der Waals surface area contributed by atoms with E-state index in [1.165, 1.54) is 16.3 Å². The van der Waals surface area contributed by atoms with E-state index in [2.05, 4.69) is 63.2 Å². The molecule has 0 aliphatic heterocycles. The minimum absolute atomic E-state index is 0.0132. The zero-order chi connectivity index (χ0) is 12.4. The van der Waals surface area contributed by atoms with E-state index in [0.717, 1.165) is 5.56 Å². The van der Waals surface area contributed by atoms with Crippen molar-refractivity contribution >= 4 is 10.8 Å².